The second-order valence-corrected chi connectivity index (χ2v) is 8.16. The molecule has 0 atom stereocenters. The number of hydrogen-bond acceptors (Lipinski definition) is 3. The maximum absolute atomic E-state index is 12.4. The number of allylic oxidation sites excluding steroid dienone is 1. The third-order valence-corrected chi connectivity index (χ3v) is 5.41. The van der Waals surface area contributed by atoms with E-state index in [0.717, 1.165) is 51.1 Å². The Hall–Kier alpha value is -1.36. The van der Waals surface area contributed by atoms with Crippen molar-refractivity contribution < 1.29 is 9.59 Å². The highest BCUT2D eigenvalue weighted by Gasteiger charge is 2.25. The quantitative estimate of drug-likeness (QED) is 0.782. The average molecular weight is 335 g/mol. The van der Waals surface area contributed by atoms with Crippen molar-refractivity contribution >= 4 is 11.8 Å². The van der Waals surface area contributed by atoms with Crippen LogP contribution in [-0.4, -0.2) is 60.9 Å². The maximum atomic E-state index is 12.4. The van der Waals surface area contributed by atoms with Gasteiger partial charge in [0.15, 0.2) is 0 Å². The van der Waals surface area contributed by atoms with E-state index in [4.69, 9.17) is 0 Å². The van der Waals surface area contributed by atoms with E-state index in [1.54, 1.807) is 6.08 Å². The van der Waals surface area contributed by atoms with Gasteiger partial charge in [0, 0.05) is 51.3 Å². The molecule has 0 bridgehead atoms. The zero-order chi connectivity index (χ0) is 17.7. The summed E-state index contributed by atoms with van der Waals surface area (Å²) >= 11 is 0. The van der Waals surface area contributed by atoms with Gasteiger partial charge >= 0.3 is 0 Å². The van der Waals surface area contributed by atoms with E-state index in [2.05, 4.69) is 31.0 Å². The SMILES string of the molecule is C/C(=C/C(=O)N1CCN(CCNC(=O)C2CCC2)CC1)C(C)(C)C. The van der Waals surface area contributed by atoms with Crippen molar-refractivity contribution in [2.24, 2.45) is 11.3 Å². The van der Waals surface area contributed by atoms with Gasteiger partial charge in [-0.15, -0.1) is 0 Å². The largest absolute Gasteiger partial charge is 0.355 e. The first-order chi connectivity index (χ1) is 11.3. The topological polar surface area (TPSA) is 52.7 Å². The number of nitrogens with one attached hydrogen (secondary N) is 1. The molecule has 0 radical (unpaired) electrons. The molecular formula is C19H33N3O2. The van der Waals surface area contributed by atoms with Crippen LogP contribution in [0.15, 0.2) is 11.6 Å². The van der Waals surface area contributed by atoms with Gasteiger partial charge in [-0.25, -0.2) is 0 Å². The van der Waals surface area contributed by atoms with Gasteiger partial charge in [-0.3, -0.25) is 14.5 Å². The molecule has 0 spiro atoms. The van der Waals surface area contributed by atoms with Gasteiger partial charge < -0.3 is 10.2 Å². The average Bonchev–Trinajstić information content (AvgIpc) is 2.45. The fourth-order valence-corrected chi connectivity index (χ4v) is 2.84. The molecule has 0 aromatic carbocycles. The van der Waals surface area contributed by atoms with E-state index in [0.29, 0.717) is 6.54 Å². The lowest BCUT2D eigenvalue weighted by atomic mass is 9.85. The molecule has 2 fully saturated rings. The highest BCUT2D eigenvalue weighted by atomic mass is 16.2. The van der Waals surface area contributed by atoms with Gasteiger partial charge in [-0.2, -0.15) is 0 Å². The molecule has 24 heavy (non-hydrogen) atoms. The van der Waals surface area contributed by atoms with E-state index in [1.807, 2.05) is 11.8 Å². The van der Waals surface area contributed by atoms with E-state index < -0.39 is 0 Å². The smallest absolute Gasteiger partial charge is 0.246 e. The van der Waals surface area contributed by atoms with Crippen molar-refractivity contribution in [2.45, 2.75) is 47.0 Å². The molecule has 5 heteroatoms. The number of hydrogen-bond donors (Lipinski definition) is 1. The first kappa shape index (κ1) is 19.0. The molecule has 1 aliphatic carbocycles. The monoisotopic (exact) mass is 335 g/mol. The Labute approximate surface area is 146 Å². The molecule has 136 valence electrons. The molecule has 2 aliphatic rings. The summed E-state index contributed by atoms with van der Waals surface area (Å²) in [6.07, 6.45) is 5.08. The van der Waals surface area contributed by atoms with Crippen LogP contribution in [-0.2, 0) is 9.59 Å². The van der Waals surface area contributed by atoms with Gasteiger partial charge in [-0.05, 0) is 25.2 Å². The lowest BCUT2D eigenvalue weighted by Crippen LogP contribution is -2.50. The Morgan fingerprint density at radius 2 is 1.75 bits per heavy atom. The number of amides is 2. The zero-order valence-corrected chi connectivity index (χ0v) is 15.7. The summed E-state index contributed by atoms with van der Waals surface area (Å²) < 4.78 is 0. The summed E-state index contributed by atoms with van der Waals surface area (Å²) in [6.45, 7) is 13.3. The Balaban J connectivity index is 1.67. The fourth-order valence-electron chi connectivity index (χ4n) is 2.84. The number of carbonyl (C=O) groups excluding carboxylic acids is 2. The zero-order valence-electron chi connectivity index (χ0n) is 15.7. The predicted molar refractivity (Wildman–Crippen MR) is 96.6 cm³/mol. The molecule has 1 heterocycles. The fraction of sp³-hybridized carbons (Fsp3) is 0.789. The summed E-state index contributed by atoms with van der Waals surface area (Å²) in [5, 5.41) is 3.04. The summed E-state index contributed by atoms with van der Waals surface area (Å²) in [7, 11) is 0. The van der Waals surface area contributed by atoms with Crippen LogP contribution in [0.3, 0.4) is 0 Å². The van der Waals surface area contributed by atoms with Crippen LogP contribution < -0.4 is 5.32 Å². The molecular weight excluding hydrogens is 302 g/mol. The second kappa shape index (κ2) is 8.15. The van der Waals surface area contributed by atoms with E-state index in [-0.39, 0.29) is 23.1 Å². The molecule has 0 aromatic rings. The Morgan fingerprint density at radius 1 is 1.12 bits per heavy atom. The third-order valence-electron chi connectivity index (χ3n) is 5.41. The first-order valence-corrected chi connectivity index (χ1v) is 9.25. The molecule has 1 saturated heterocycles. The number of piperazine rings is 1. The summed E-state index contributed by atoms with van der Waals surface area (Å²) in [4.78, 5) is 28.4. The minimum atomic E-state index is 0.0378. The Bertz CT molecular complexity index is 481. The molecule has 2 rings (SSSR count). The molecule has 1 aliphatic heterocycles. The minimum absolute atomic E-state index is 0.0378. The van der Waals surface area contributed by atoms with E-state index >= 15 is 0 Å². The van der Waals surface area contributed by atoms with Crippen LogP contribution in [0.2, 0.25) is 0 Å². The predicted octanol–water partition coefficient (Wildman–Crippen LogP) is 2.04. The van der Waals surface area contributed by atoms with Gasteiger partial charge in [0.25, 0.3) is 0 Å². The lowest BCUT2D eigenvalue weighted by Gasteiger charge is -2.34. The second-order valence-electron chi connectivity index (χ2n) is 8.16. The molecule has 0 unspecified atom stereocenters. The van der Waals surface area contributed by atoms with E-state index in [1.165, 1.54) is 6.42 Å². The van der Waals surface area contributed by atoms with E-state index in [9.17, 15) is 9.59 Å². The van der Waals surface area contributed by atoms with Crippen LogP contribution in [0.25, 0.3) is 0 Å². The van der Waals surface area contributed by atoms with Crippen molar-refractivity contribution in [3.8, 4) is 0 Å². The summed E-state index contributed by atoms with van der Waals surface area (Å²) in [6, 6.07) is 0. The van der Waals surface area contributed by atoms with Crippen molar-refractivity contribution in [3.63, 3.8) is 0 Å². The van der Waals surface area contributed by atoms with Crippen LogP contribution in [0, 0.1) is 11.3 Å². The Kier molecular flexibility index (Phi) is 6.44. The van der Waals surface area contributed by atoms with Gasteiger partial charge in [0.2, 0.25) is 11.8 Å². The maximum Gasteiger partial charge on any atom is 0.246 e. The number of carbonyl (C=O) groups is 2. The van der Waals surface area contributed by atoms with Crippen molar-refractivity contribution in [2.75, 3.05) is 39.3 Å². The van der Waals surface area contributed by atoms with Crippen molar-refractivity contribution in [3.05, 3.63) is 11.6 Å². The normalized spacial score (nSPS) is 20.7. The summed E-state index contributed by atoms with van der Waals surface area (Å²) in [5.74, 6) is 0.607. The summed E-state index contributed by atoms with van der Waals surface area (Å²) in [5.41, 5.74) is 1.16. The number of nitrogens with zero attached hydrogens (tertiary/aromatic N) is 2. The highest BCUT2D eigenvalue weighted by Crippen LogP contribution is 2.26. The van der Waals surface area contributed by atoms with Crippen LogP contribution in [0.1, 0.15) is 47.0 Å². The third kappa shape index (κ3) is 5.33. The molecule has 1 N–H and O–H groups in total. The van der Waals surface area contributed by atoms with Crippen molar-refractivity contribution in [1.82, 2.24) is 15.1 Å². The van der Waals surface area contributed by atoms with Crippen molar-refractivity contribution in [1.29, 1.82) is 0 Å². The highest BCUT2D eigenvalue weighted by molar-refractivity contribution is 5.88. The van der Waals surface area contributed by atoms with Gasteiger partial charge in [-0.1, -0.05) is 32.8 Å². The lowest BCUT2D eigenvalue weighted by molar-refractivity contribution is -0.127. The van der Waals surface area contributed by atoms with Crippen LogP contribution in [0.4, 0.5) is 0 Å². The first-order valence-electron chi connectivity index (χ1n) is 9.25. The number of rotatable bonds is 5. The van der Waals surface area contributed by atoms with Gasteiger partial charge in [0.05, 0.1) is 0 Å². The van der Waals surface area contributed by atoms with Gasteiger partial charge in [0.1, 0.15) is 0 Å². The van der Waals surface area contributed by atoms with Crippen LogP contribution >= 0.6 is 0 Å². The minimum Gasteiger partial charge on any atom is -0.355 e. The van der Waals surface area contributed by atoms with Crippen LogP contribution in [0.5, 0.6) is 0 Å². The standard InChI is InChI=1S/C19H33N3O2/c1-15(19(2,3)4)14-17(23)22-12-10-21(11-13-22)9-8-20-18(24)16-6-5-7-16/h14,16H,5-13H2,1-4H3,(H,20,24)/b15-14-. The molecule has 1 saturated carbocycles. The molecule has 5 nitrogen and oxygen atoms in total. The molecule has 2 amide bonds. The Morgan fingerprint density at radius 3 is 2.25 bits per heavy atom. The molecule has 0 aromatic heterocycles.